The first-order valence-electron chi connectivity index (χ1n) is 10.1. The zero-order chi connectivity index (χ0) is 21.8. The summed E-state index contributed by atoms with van der Waals surface area (Å²) in [7, 11) is 0. The Labute approximate surface area is 196 Å². The standard InChI is InChI=1S/C23H22Cl3N3O2/c24-18-6-3-16(4-7-18)23(30)29(14-20-2-1-11-31-20)15-22-27-9-10-28(22)13-17-5-8-19(25)12-21(17)26/h3-10,12,20H,1-2,11,13-15H2. The molecule has 8 heteroatoms. The summed E-state index contributed by atoms with van der Waals surface area (Å²) in [6.45, 7) is 2.14. The van der Waals surface area contributed by atoms with Gasteiger partial charge in [0.2, 0.25) is 0 Å². The van der Waals surface area contributed by atoms with Crippen LogP contribution in [-0.4, -0.2) is 39.6 Å². The van der Waals surface area contributed by atoms with E-state index in [9.17, 15) is 4.79 Å². The first-order valence-corrected chi connectivity index (χ1v) is 11.2. The summed E-state index contributed by atoms with van der Waals surface area (Å²) < 4.78 is 7.78. The van der Waals surface area contributed by atoms with Crippen molar-refractivity contribution in [3.63, 3.8) is 0 Å². The van der Waals surface area contributed by atoms with Gasteiger partial charge in [0, 0.05) is 46.2 Å². The Hall–Kier alpha value is -2.05. The van der Waals surface area contributed by atoms with Gasteiger partial charge in [-0.05, 0) is 54.8 Å². The zero-order valence-corrected chi connectivity index (χ0v) is 19.1. The van der Waals surface area contributed by atoms with Crippen LogP contribution in [0.4, 0.5) is 0 Å². The van der Waals surface area contributed by atoms with Crippen molar-refractivity contribution in [3.8, 4) is 0 Å². The number of hydrogen-bond donors (Lipinski definition) is 0. The minimum absolute atomic E-state index is 0.0328. The molecule has 1 amide bonds. The molecule has 2 heterocycles. The highest BCUT2D eigenvalue weighted by atomic mass is 35.5. The van der Waals surface area contributed by atoms with Gasteiger partial charge in [0.1, 0.15) is 5.82 Å². The number of hydrogen-bond acceptors (Lipinski definition) is 3. The highest BCUT2D eigenvalue weighted by Gasteiger charge is 2.25. The molecular weight excluding hydrogens is 457 g/mol. The van der Waals surface area contributed by atoms with Crippen molar-refractivity contribution in [2.24, 2.45) is 0 Å². The van der Waals surface area contributed by atoms with Crippen molar-refractivity contribution in [1.82, 2.24) is 14.5 Å². The zero-order valence-electron chi connectivity index (χ0n) is 16.8. The fraction of sp³-hybridized carbons (Fsp3) is 0.304. The SMILES string of the molecule is O=C(c1ccc(Cl)cc1)N(Cc1nccn1Cc1ccc(Cl)cc1Cl)CC1CCCO1. The summed E-state index contributed by atoms with van der Waals surface area (Å²) in [6, 6.07) is 12.4. The molecule has 4 rings (SSSR count). The molecule has 0 aliphatic carbocycles. The maximum absolute atomic E-state index is 13.3. The molecule has 0 N–H and O–H groups in total. The van der Waals surface area contributed by atoms with Crippen LogP contribution in [-0.2, 0) is 17.8 Å². The van der Waals surface area contributed by atoms with E-state index >= 15 is 0 Å². The molecular formula is C23H22Cl3N3O2. The molecule has 1 fully saturated rings. The number of carbonyl (C=O) groups is 1. The van der Waals surface area contributed by atoms with Crippen molar-refractivity contribution in [1.29, 1.82) is 0 Å². The summed E-state index contributed by atoms with van der Waals surface area (Å²) in [5.41, 5.74) is 1.52. The van der Waals surface area contributed by atoms with Gasteiger partial charge < -0.3 is 14.2 Å². The van der Waals surface area contributed by atoms with Gasteiger partial charge in [0.05, 0.1) is 19.2 Å². The predicted octanol–water partition coefficient (Wildman–Crippen LogP) is 5.71. The molecule has 1 atom stereocenters. The lowest BCUT2D eigenvalue weighted by molar-refractivity contribution is 0.0499. The lowest BCUT2D eigenvalue weighted by Crippen LogP contribution is -2.37. The van der Waals surface area contributed by atoms with E-state index in [0.717, 1.165) is 30.8 Å². The minimum Gasteiger partial charge on any atom is -0.376 e. The Bertz CT molecular complexity index is 1050. The van der Waals surface area contributed by atoms with Crippen LogP contribution in [0.1, 0.15) is 34.6 Å². The molecule has 1 aliphatic rings. The van der Waals surface area contributed by atoms with Gasteiger partial charge in [0.25, 0.3) is 5.91 Å². The second kappa shape index (κ2) is 10.0. The van der Waals surface area contributed by atoms with E-state index in [1.807, 2.05) is 22.9 Å². The second-order valence-corrected chi connectivity index (χ2v) is 8.81. The third kappa shape index (κ3) is 5.60. The quantitative estimate of drug-likeness (QED) is 0.437. The van der Waals surface area contributed by atoms with Gasteiger partial charge in [-0.15, -0.1) is 0 Å². The Kier molecular flexibility index (Phi) is 7.18. The van der Waals surface area contributed by atoms with Crippen LogP contribution >= 0.6 is 34.8 Å². The van der Waals surface area contributed by atoms with Gasteiger partial charge in [-0.25, -0.2) is 4.98 Å². The molecule has 3 aromatic rings. The predicted molar refractivity (Wildman–Crippen MR) is 123 cm³/mol. The molecule has 0 radical (unpaired) electrons. The maximum atomic E-state index is 13.3. The van der Waals surface area contributed by atoms with E-state index in [-0.39, 0.29) is 12.0 Å². The molecule has 0 spiro atoms. The molecule has 1 unspecified atom stereocenters. The van der Waals surface area contributed by atoms with Crippen molar-refractivity contribution in [2.75, 3.05) is 13.2 Å². The monoisotopic (exact) mass is 477 g/mol. The molecule has 31 heavy (non-hydrogen) atoms. The lowest BCUT2D eigenvalue weighted by Gasteiger charge is -2.26. The van der Waals surface area contributed by atoms with Gasteiger partial charge in [-0.2, -0.15) is 0 Å². The molecule has 0 saturated carbocycles. The van der Waals surface area contributed by atoms with Crippen LogP contribution in [0, 0.1) is 0 Å². The van der Waals surface area contributed by atoms with Gasteiger partial charge in [-0.1, -0.05) is 40.9 Å². The van der Waals surface area contributed by atoms with Gasteiger partial charge in [-0.3, -0.25) is 4.79 Å². The van der Waals surface area contributed by atoms with Crippen LogP contribution in [0.5, 0.6) is 0 Å². The molecule has 162 valence electrons. The average molecular weight is 479 g/mol. The number of amides is 1. The summed E-state index contributed by atoms with van der Waals surface area (Å²) >= 11 is 18.4. The normalized spacial score (nSPS) is 15.9. The number of imidazole rings is 1. The van der Waals surface area contributed by atoms with Crippen molar-refractivity contribution in [3.05, 3.63) is 86.9 Å². The number of carbonyl (C=O) groups excluding carboxylic acids is 1. The van der Waals surface area contributed by atoms with E-state index in [0.29, 0.717) is 40.3 Å². The fourth-order valence-electron chi connectivity index (χ4n) is 3.67. The second-order valence-electron chi connectivity index (χ2n) is 7.53. The van der Waals surface area contributed by atoms with E-state index in [2.05, 4.69) is 4.98 Å². The summed E-state index contributed by atoms with van der Waals surface area (Å²) in [6.07, 6.45) is 5.61. The van der Waals surface area contributed by atoms with Crippen LogP contribution in [0.2, 0.25) is 15.1 Å². The van der Waals surface area contributed by atoms with E-state index in [1.54, 1.807) is 41.4 Å². The number of aromatic nitrogens is 2. The number of nitrogens with zero attached hydrogens (tertiary/aromatic N) is 3. The lowest BCUT2D eigenvalue weighted by atomic mass is 10.1. The average Bonchev–Trinajstić information content (AvgIpc) is 3.42. The maximum Gasteiger partial charge on any atom is 0.254 e. The fourth-order valence-corrected chi connectivity index (χ4v) is 4.26. The van der Waals surface area contributed by atoms with Crippen molar-refractivity contribution in [2.45, 2.75) is 32.0 Å². The summed E-state index contributed by atoms with van der Waals surface area (Å²) in [5, 5.41) is 1.79. The Balaban J connectivity index is 1.56. The third-order valence-electron chi connectivity index (χ3n) is 5.32. The van der Waals surface area contributed by atoms with Crippen molar-refractivity contribution >= 4 is 40.7 Å². The first kappa shape index (κ1) is 22.2. The summed E-state index contributed by atoms with van der Waals surface area (Å²) in [5.74, 6) is 0.692. The highest BCUT2D eigenvalue weighted by Crippen LogP contribution is 2.23. The molecule has 1 aromatic heterocycles. The highest BCUT2D eigenvalue weighted by molar-refractivity contribution is 6.35. The minimum atomic E-state index is -0.0776. The molecule has 1 aliphatic heterocycles. The Morgan fingerprint density at radius 2 is 1.90 bits per heavy atom. The van der Waals surface area contributed by atoms with E-state index in [1.165, 1.54) is 0 Å². The van der Waals surface area contributed by atoms with Crippen LogP contribution < -0.4 is 0 Å². The number of halogens is 3. The Morgan fingerprint density at radius 1 is 1.13 bits per heavy atom. The number of rotatable bonds is 7. The topological polar surface area (TPSA) is 47.4 Å². The molecule has 1 saturated heterocycles. The van der Waals surface area contributed by atoms with E-state index < -0.39 is 0 Å². The van der Waals surface area contributed by atoms with Crippen LogP contribution in [0.15, 0.2) is 54.9 Å². The van der Waals surface area contributed by atoms with E-state index in [4.69, 9.17) is 39.5 Å². The Morgan fingerprint density at radius 3 is 2.61 bits per heavy atom. The van der Waals surface area contributed by atoms with Gasteiger partial charge in [0.15, 0.2) is 0 Å². The smallest absolute Gasteiger partial charge is 0.254 e. The summed E-state index contributed by atoms with van der Waals surface area (Å²) in [4.78, 5) is 19.6. The largest absolute Gasteiger partial charge is 0.376 e. The van der Waals surface area contributed by atoms with Gasteiger partial charge >= 0.3 is 0 Å². The molecule has 2 aromatic carbocycles. The van der Waals surface area contributed by atoms with Crippen LogP contribution in [0.3, 0.4) is 0 Å². The number of ether oxygens (including phenoxy) is 1. The molecule has 0 bridgehead atoms. The molecule has 5 nitrogen and oxygen atoms in total. The first-order chi connectivity index (χ1) is 15.0. The van der Waals surface area contributed by atoms with Crippen LogP contribution in [0.25, 0.3) is 0 Å². The van der Waals surface area contributed by atoms with Crippen molar-refractivity contribution < 1.29 is 9.53 Å². The number of benzene rings is 2. The third-order valence-corrected chi connectivity index (χ3v) is 6.16.